The quantitative estimate of drug-likeness (QED) is 0.431. The van der Waals surface area contributed by atoms with Crippen molar-refractivity contribution >= 4 is 27.6 Å². The second-order valence-corrected chi connectivity index (χ2v) is 7.97. The van der Waals surface area contributed by atoms with Gasteiger partial charge < -0.3 is 9.42 Å². The Morgan fingerprint density at radius 1 is 0.793 bits per heavy atom. The minimum absolute atomic E-state index is 0.874. The molecule has 0 saturated carbocycles. The van der Waals surface area contributed by atoms with Gasteiger partial charge in [0.2, 0.25) is 0 Å². The van der Waals surface area contributed by atoms with Crippen LogP contribution in [0.1, 0.15) is 18.4 Å². The van der Waals surface area contributed by atoms with Crippen LogP contribution in [0, 0.1) is 0 Å². The Hall–Kier alpha value is -2.85. The van der Waals surface area contributed by atoms with E-state index in [1.807, 2.05) is 12.1 Å². The fraction of sp³-hybridized carbons (Fsp3) is 0.320. The molecule has 1 fully saturated rings. The number of anilines is 1. The number of piperazine rings is 1. The molecule has 1 aromatic heterocycles. The largest absolute Gasteiger partial charge is 0.354 e. The van der Waals surface area contributed by atoms with Crippen LogP contribution in [0.25, 0.3) is 21.7 Å². The van der Waals surface area contributed by atoms with E-state index in [1.54, 1.807) is 0 Å². The Kier molecular flexibility index (Phi) is 5.18. The van der Waals surface area contributed by atoms with Crippen LogP contribution in [0.5, 0.6) is 0 Å². The van der Waals surface area contributed by atoms with Gasteiger partial charge in [0.25, 0.3) is 0 Å². The molecule has 0 N–H and O–H groups in total. The number of fused-ring (bicyclic) bond motifs is 2. The number of hydrogen-bond donors (Lipinski definition) is 0. The Bertz CT molecular complexity index is 1100. The Labute approximate surface area is 171 Å². The summed E-state index contributed by atoms with van der Waals surface area (Å²) in [5.74, 6) is 0.997. The maximum absolute atomic E-state index is 5.47. The molecule has 29 heavy (non-hydrogen) atoms. The van der Waals surface area contributed by atoms with E-state index in [0.29, 0.717) is 0 Å². The van der Waals surface area contributed by atoms with Gasteiger partial charge in [-0.05, 0) is 54.3 Å². The fourth-order valence-corrected chi connectivity index (χ4v) is 4.34. The van der Waals surface area contributed by atoms with E-state index >= 15 is 0 Å². The topological polar surface area (TPSA) is 32.5 Å². The number of unbranched alkanes of at least 4 members (excludes halogenated alkanes) is 1. The molecule has 0 aliphatic carbocycles. The van der Waals surface area contributed by atoms with Crippen molar-refractivity contribution in [1.29, 1.82) is 0 Å². The summed E-state index contributed by atoms with van der Waals surface area (Å²) in [4.78, 5) is 4.94. The lowest BCUT2D eigenvalue weighted by atomic mass is 10.0. The molecule has 0 radical (unpaired) electrons. The van der Waals surface area contributed by atoms with Crippen molar-refractivity contribution in [3.8, 4) is 0 Å². The monoisotopic (exact) mass is 385 g/mol. The molecule has 0 atom stereocenters. The predicted molar refractivity (Wildman–Crippen MR) is 120 cm³/mol. The van der Waals surface area contributed by atoms with Gasteiger partial charge in [0.15, 0.2) is 11.4 Å². The molecule has 1 saturated heterocycles. The lowest BCUT2D eigenvalue weighted by Gasteiger charge is -2.34. The minimum Gasteiger partial charge on any atom is -0.354 e. The van der Waals surface area contributed by atoms with E-state index < -0.39 is 0 Å². The van der Waals surface area contributed by atoms with Crippen molar-refractivity contribution in [1.82, 2.24) is 10.1 Å². The van der Waals surface area contributed by atoms with Gasteiger partial charge in [0, 0.05) is 26.2 Å². The van der Waals surface area contributed by atoms with Crippen LogP contribution >= 0.6 is 0 Å². The van der Waals surface area contributed by atoms with Crippen LogP contribution in [-0.4, -0.2) is 42.8 Å². The van der Waals surface area contributed by atoms with Crippen LogP contribution in [0.15, 0.2) is 71.3 Å². The number of aryl methyl sites for hydroxylation is 1. The van der Waals surface area contributed by atoms with Gasteiger partial charge in [-0.15, -0.1) is 0 Å². The Balaban J connectivity index is 1.09. The van der Waals surface area contributed by atoms with Gasteiger partial charge in [-0.1, -0.05) is 59.8 Å². The number of nitrogens with zero attached hydrogens (tertiary/aromatic N) is 3. The highest BCUT2D eigenvalue weighted by molar-refractivity contribution is 5.88. The maximum Gasteiger partial charge on any atom is 0.180 e. The normalized spacial score (nSPS) is 15.4. The van der Waals surface area contributed by atoms with Crippen LogP contribution in [0.2, 0.25) is 0 Å². The average Bonchev–Trinajstić information content (AvgIpc) is 3.21. The highest BCUT2D eigenvalue weighted by Crippen LogP contribution is 2.26. The third-order valence-electron chi connectivity index (χ3n) is 6.03. The van der Waals surface area contributed by atoms with Crippen LogP contribution in [0.3, 0.4) is 0 Å². The van der Waals surface area contributed by atoms with Gasteiger partial charge in [0.05, 0.1) is 5.39 Å². The Morgan fingerprint density at radius 3 is 2.48 bits per heavy atom. The summed E-state index contributed by atoms with van der Waals surface area (Å²) < 4.78 is 5.47. The molecule has 4 nitrogen and oxygen atoms in total. The zero-order valence-electron chi connectivity index (χ0n) is 16.8. The molecule has 1 aliphatic heterocycles. The third kappa shape index (κ3) is 3.99. The molecule has 5 rings (SSSR count). The zero-order chi connectivity index (χ0) is 19.5. The number of aromatic nitrogens is 1. The standard InChI is InChI=1S/C25H27N3O/c1-2-9-22-19-20(12-13-21(22)8-1)7-5-6-14-27-15-17-28(18-16-27)25-23-10-3-4-11-24(23)29-26-25/h1-4,8-13,19H,5-7,14-18H2. The van der Waals surface area contributed by atoms with E-state index in [0.717, 1.165) is 49.4 Å². The van der Waals surface area contributed by atoms with E-state index in [1.165, 1.54) is 35.7 Å². The highest BCUT2D eigenvalue weighted by atomic mass is 16.5. The van der Waals surface area contributed by atoms with Crippen molar-refractivity contribution < 1.29 is 4.52 Å². The average molecular weight is 386 g/mol. The predicted octanol–water partition coefficient (Wildman–Crippen LogP) is 5.13. The summed E-state index contributed by atoms with van der Waals surface area (Å²) in [6.07, 6.45) is 3.65. The van der Waals surface area contributed by atoms with Gasteiger partial charge in [-0.25, -0.2) is 0 Å². The van der Waals surface area contributed by atoms with Crippen molar-refractivity contribution in [2.24, 2.45) is 0 Å². The number of hydrogen-bond acceptors (Lipinski definition) is 4. The first-order valence-electron chi connectivity index (χ1n) is 10.7. The Morgan fingerprint density at radius 2 is 1.59 bits per heavy atom. The summed E-state index contributed by atoms with van der Waals surface area (Å²) in [6.45, 7) is 5.40. The molecule has 2 heterocycles. The first kappa shape index (κ1) is 18.2. The summed E-state index contributed by atoms with van der Waals surface area (Å²) >= 11 is 0. The second kappa shape index (κ2) is 8.26. The SMILES string of the molecule is c1ccc2cc(CCCCN3CCN(c4noc5ccccc45)CC3)ccc2c1. The van der Waals surface area contributed by atoms with Crippen molar-refractivity contribution in [3.63, 3.8) is 0 Å². The summed E-state index contributed by atoms with van der Waals surface area (Å²) in [7, 11) is 0. The second-order valence-electron chi connectivity index (χ2n) is 7.97. The molecular formula is C25H27N3O. The van der Waals surface area contributed by atoms with Gasteiger partial charge in [-0.3, -0.25) is 4.90 Å². The van der Waals surface area contributed by atoms with Gasteiger partial charge >= 0.3 is 0 Å². The molecule has 0 unspecified atom stereocenters. The zero-order valence-corrected chi connectivity index (χ0v) is 16.8. The van der Waals surface area contributed by atoms with Gasteiger partial charge in [0.1, 0.15) is 0 Å². The molecule has 4 aromatic rings. The van der Waals surface area contributed by atoms with Gasteiger partial charge in [-0.2, -0.15) is 0 Å². The lowest BCUT2D eigenvalue weighted by molar-refractivity contribution is 0.251. The summed E-state index contributed by atoms with van der Waals surface area (Å²) in [5.41, 5.74) is 2.32. The summed E-state index contributed by atoms with van der Waals surface area (Å²) in [6, 6.07) is 23.6. The highest BCUT2D eigenvalue weighted by Gasteiger charge is 2.21. The molecule has 0 spiro atoms. The van der Waals surface area contributed by atoms with E-state index in [4.69, 9.17) is 4.52 Å². The minimum atomic E-state index is 0.874. The molecule has 148 valence electrons. The van der Waals surface area contributed by atoms with Crippen LogP contribution in [0.4, 0.5) is 5.82 Å². The van der Waals surface area contributed by atoms with E-state index in [9.17, 15) is 0 Å². The summed E-state index contributed by atoms with van der Waals surface area (Å²) in [5, 5.41) is 8.11. The molecule has 0 amide bonds. The molecule has 1 aliphatic rings. The maximum atomic E-state index is 5.47. The van der Waals surface area contributed by atoms with Crippen LogP contribution in [-0.2, 0) is 6.42 Å². The molecule has 3 aromatic carbocycles. The first-order valence-corrected chi connectivity index (χ1v) is 10.7. The lowest BCUT2D eigenvalue weighted by Crippen LogP contribution is -2.46. The molecule has 4 heteroatoms. The van der Waals surface area contributed by atoms with E-state index in [2.05, 4.69) is 69.6 Å². The van der Waals surface area contributed by atoms with Crippen molar-refractivity contribution in [3.05, 3.63) is 72.3 Å². The number of benzene rings is 3. The van der Waals surface area contributed by atoms with E-state index in [-0.39, 0.29) is 0 Å². The fourth-order valence-electron chi connectivity index (χ4n) is 4.34. The molecule has 0 bridgehead atoms. The van der Waals surface area contributed by atoms with Crippen molar-refractivity contribution in [2.75, 3.05) is 37.6 Å². The number of para-hydroxylation sites is 1. The van der Waals surface area contributed by atoms with Crippen LogP contribution < -0.4 is 4.90 Å². The molecular weight excluding hydrogens is 358 g/mol. The third-order valence-corrected chi connectivity index (χ3v) is 6.03. The smallest absolute Gasteiger partial charge is 0.180 e. The number of rotatable bonds is 6. The van der Waals surface area contributed by atoms with Crippen molar-refractivity contribution in [2.45, 2.75) is 19.3 Å². The first-order chi connectivity index (χ1) is 14.4.